The monoisotopic (exact) mass is 502 g/mol. The normalized spacial score (nSPS) is 15.3. The van der Waals surface area contributed by atoms with Gasteiger partial charge in [-0.1, -0.05) is 0 Å². The van der Waals surface area contributed by atoms with E-state index >= 15 is 0 Å². The van der Waals surface area contributed by atoms with Gasteiger partial charge in [-0.2, -0.15) is 0 Å². The minimum Gasteiger partial charge on any atom is -0.371 e. The van der Waals surface area contributed by atoms with Crippen molar-refractivity contribution in [2.45, 2.75) is 45.1 Å². The summed E-state index contributed by atoms with van der Waals surface area (Å²) in [5.74, 6) is -0.416. The molecule has 2 amide bonds. The van der Waals surface area contributed by atoms with Crippen LogP contribution in [0.3, 0.4) is 0 Å². The molecule has 5 rings (SSSR count). The lowest BCUT2D eigenvalue weighted by molar-refractivity contribution is 0.101. The molecule has 0 radical (unpaired) electrons. The third-order valence-electron chi connectivity index (χ3n) is 6.92. The van der Waals surface area contributed by atoms with Gasteiger partial charge in [0.1, 0.15) is 11.6 Å². The van der Waals surface area contributed by atoms with Gasteiger partial charge in [-0.15, -0.1) is 0 Å². The van der Waals surface area contributed by atoms with Crippen LogP contribution in [-0.4, -0.2) is 48.0 Å². The zero-order chi connectivity index (χ0) is 25.9. The van der Waals surface area contributed by atoms with E-state index in [0.29, 0.717) is 34.4 Å². The molecule has 2 fully saturated rings. The number of hydrogen-bond acceptors (Lipinski definition) is 6. The van der Waals surface area contributed by atoms with Crippen LogP contribution >= 0.6 is 0 Å². The van der Waals surface area contributed by atoms with Crippen LogP contribution in [0.2, 0.25) is 0 Å². The van der Waals surface area contributed by atoms with E-state index in [1.54, 1.807) is 25.3 Å². The fourth-order valence-corrected chi connectivity index (χ4v) is 4.59. The number of carbonyl (C=O) groups is 2. The smallest absolute Gasteiger partial charge is 0.257 e. The van der Waals surface area contributed by atoms with Gasteiger partial charge < -0.3 is 20.4 Å². The van der Waals surface area contributed by atoms with E-state index in [2.05, 4.69) is 30.4 Å². The molecule has 0 bridgehead atoms. The molecule has 0 spiro atoms. The molecular weight excluding hydrogens is 471 g/mol. The molecule has 1 saturated heterocycles. The van der Waals surface area contributed by atoms with Crippen molar-refractivity contribution in [3.05, 3.63) is 71.4 Å². The number of piperidine rings is 1. The summed E-state index contributed by atoms with van der Waals surface area (Å²) in [6.45, 7) is 3.42. The van der Waals surface area contributed by atoms with Crippen LogP contribution in [0.15, 0.2) is 48.8 Å². The topological polar surface area (TPSA) is 90.5 Å². The van der Waals surface area contributed by atoms with Crippen molar-refractivity contribution >= 4 is 34.7 Å². The van der Waals surface area contributed by atoms with Crippen molar-refractivity contribution < 1.29 is 14.0 Å². The number of benzene rings is 1. The molecule has 3 aromatic rings. The lowest BCUT2D eigenvalue weighted by Gasteiger charge is -2.29. The van der Waals surface area contributed by atoms with Crippen molar-refractivity contribution in [3.63, 3.8) is 0 Å². The Labute approximate surface area is 215 Å². The second-order valence-corrected chi connectivity index (χ2v) is 9.76. The largest absolute Gasteiger partial charge is 0.371 e. The minimum absolute atomic E-state index is 0.217. The predicted molar refractivity (Wildman–Crippen MR) is 143 cm³/mol. The van der Waals surface area contributed by atoms with Crippen LogP contribution in [-0.2, 0) is 0 Å². The molecule has 2 aromatic heterocycles. The van der Waals surface area contributed by atoms with Gasteiger partial charge in [0, 0.05) is 37.4 Å². The Balaban J connectivity index is 1.28. The highest BCUT2D eigenvalue weighted by Crippen LogP contribution is 2.29. The quantitative estimate of drug-likeness (QED) is 0.472. The van der Waals surface area contributed by atoms with Crippen molar-refractivity contribution in [1.29, 1.82) is 0 Å². The number of hydrogen-bond donors (Lipinski definition) is 2. The van der Waals surface area contributed by atoms with Gasteiger partial charge in [0.25, 0.3) is 11.8 Å². The highest BCUT2D eigenvalue weighted by atomic mass is 19.1. The van der Waals surface area contributed by atoms with Crippen LogP contribution in [0.4, 0.5) is 27.3 Å². The molecule has 9 heteroatoms. The van der Waals surface area contributed by atoms with Gasteiger partial charge in [-0.05, 0) is 75.4 Å². The van der Waals surface area contributed by atoms with E-state index < -0.39 is 11.7 Å². The first-order chi connectivity index (χ1) is 17.9. The molecule has 0 atom stereocenters. The fourth-order valence-electron chi connectivity index (χ4n) is 4.59. The Bertz CT molecular complexity index is 1300. The molecule has 2 aliphatic rings. The van der Waals surface area contributed by atoms with E-state index in [9.17, 15) is 14.0 Å². The second kappa shape index (κ2) is 10.5. The van der Waals surface area contributed by atoms with Gasteiger partial charge in [0.2, 0.25) is 0 Å². The standard InChI is InChI=1S/C28H31FN6O2/c1-18-25(28(37)32-21-6-9-26(31-16-21)34(2)23-7-8-23)15-22(17-30-18)33-27(36)19-12-20(29)14-24(13-19)35-10-4-3-5-11-35/h6,9,12-17,23H,3-5,7-8,10-11H2,1-2H3,(H,32,37)(H,33,36). The summed E-state index contributed by atoms with van der Waals surface area (Å²) >= 11 is 0. The number of rotatable bonds is 7. The summed E-state index contributed by atoms with van der Waals surface area (Å²) in [5, 5.41) is 5.60. The highest BCUT2D eigenvalue weighted by Gasteiger charge is 2.27. The molecule has 37 heavy (non-hydrogen) atoms. The van der Waals surface area contributed by atoms with Crippen LogP contribution < -0.4 is 20.4 Å². The SMILES string of the molecule is Cc1ncc(NC(=O)c2cc(F)cc(N3CCCCC3)c2)cc1C(=O)Nc1ccc(N(C)C2CC2)nc1. The molecular formula is C28H31FN6O2. The van der Waals surface area contributed by atoms with E-state index in [1.807, 2.05) is 19.2 Å². The maximum absolute atomic E-state index is 14.3. The summed E-state index contributed by atoms with van der Waals surface area (Å²) in [6, 6.07) is 10.2. The Kier molecular flexibility index (Phi) is 7.03. The second-order valence-electron chi connectivity index (χ2n) is 9.76. The van der Waals surface area contributed by atoms with Gasteiger partial charge in [0.05, 0.1) is 35.0 Å². The maximum atomic E-state index is 14.3. The Morgan fingerprint density at radius 3 is 2.38 bits per heavy atom. The molecule has 0 unspecified atom stereocenters. The number of carbonyl (C=O) groups excluding carboxylic acids is 2. The number of aromatic nitrogens is 2. The van der Waals surface area contributed by atoms with E-state index in [1.165, 1.54) is 31.2 Å². The number of anilines is 4. The van der Waals surface area contributed by atoms with Gasteiger partial charge in [0.15, 0.2) is 0 Å². The summed E-state index contributed by atoms with van der Waals surface area (Å²) in [4.78, 5) is 38.9. The predicted octanol–water partition coefficient (Wildman–Crippen LogP) is 5.02. The highest BCUT2D eigenvalue weighted by molar-refractivity contribution is 6.08. The number of amides is 2. The van der Waals surface area contributed by atoms with E-state index in [0.717, 1.165) is 38.2 Å². The maximum Gasteiger partial charge on any atom is 0.257 e. The third-order valence-corrected chi connectivity index (χ3v) is 6.92. The van der Waals surface area contributed by atoms with E-state index in [-0.39, 0.29) is 11.5 Å². The fraction of sp³-hybridized carbons (Fsp3) is 0.357. The molecule has 1 aliphatic heterocycles. The number of pyridine rings is 2. The average molecular weight is 503 g/mol. The minimum atomic E-state index is -0.464. The van der Waals surface area contributed by atoms with Gasteiger partial charge in [-0.25, -0.2) is 9.37 Å². The number of halogens is 1. The van der Waals surface area contributed by atoms with Gasteiger partial charge in [-0.3, -0.25) is 14.6 Å². The summed E-state index contributed by atoms with van der Waals surface area (Å²) in [6.07, 6.45) is 8.73. The zero-order valence-electron chi connectivity index (χ0n) is 21.1. The molecule has 1 saturated carbocycles. The first-order valence-corrected chi connectivity index (χ1v) is 12.7. The van der Waals surface area contributed by atoms with Crippen molar-refractivity contribution in [2.24, 2.45) is 0 Å². The van der Waals surface area contributed by atoms with E-state index in [4.69, 9.17) is 0 Å². The lowest BCUT2D eigenvalue weighted by atomic mass is 10.1. The van der Waals surface area contributed by atoms with Crippen molar-refractivity contribution in [2.75, 3.05) is 40.6 Å². The third kappa shape index (κ3) is 5.87. The first kappa shape index (κ1) is 24.7. The molecule has 192 valence electrons. The molecule has 2 N–H and O–H groups in total. The van der Waals surface area contributed by atoms with Gasteiger partial charge >= 0.3 is 0 Å². The van der Waals surface area contributed by atoms with Crippen molar-refractivity contribution in [1.82, 2.24) is 9.97 Å². The summed E-state index contributed by atoms with van der Waals surface area (Å²) < 4.78 is 14.3. The molecule has 1 aromatic carbocycles. The Hall–Kier alpha value is -4.01. The Morgan fingerprint density at radius 1 is 0.946 bits per heavy atom. The summed E-state index contributed by atoms with van der Waals surface area (Å²) in [5.41, 5.74) is 2.68. The Morgan fingerprint density at radius 2 is 1.68 bits per heavy atom. The molecule has 1 aliphatic carbocycles. The van der Waals surface area contributed by atoms with Crippen LogP contribution in [0, 0.1) is 12.7 Å². The zero-order valence-corrected chi connectivity index (χ0v) is 21.1. The summed E-state index contributed by atoms with van der Waals surface area (Å²) in [7, 11) is 2.02. The lowest BCUT2D eigenvalue weighted by Crippen LogP contribution is -2.29. The van der Waals surface area contributed by atoms with Crippen LogP contribution in [0.1, 0.15) is 58.5 Å². The number of aryl methyl sites for hydroxylation is 1. The number of nitrogens with one attached hydrogen (secondary N) is 2. The van der Waals surface area contributed by atoms with Crippen LogP contribution in [0.5, 0.6) is 0 Å². The molecule has 8 nitrogen and oxygen atoms in total. The molecule has 3 heterocycles. The average Bonchev–Trinajstić information content (AvgIpc) is 3.75. The number of nitrogens with zero attached hydrogens (tertiary/aromatic N) is 4. The van der Waals surface area contributed by atoms with Crippen LogP contribution in [0.25, 0.3) is 0 Å². The van der Waals surface area contributed by atoms with Crippen molar-refractivity contribution in [3.8, 4) is 0 Å². The first-order valence-electron chi connectivity index (χ1n) is 12.7.